The van der Waals surface area contributed by atoms with Gasteiger partial charge in [-0.3, -0.25) is 14.7 Å². The zero-order chi connectivity index (χ0) is 18.3. The zero-order valence-electron chi connectivity index (χ0n) is 16.0. The molecule has 4 N–H and O–H groups in total. The molecule has 1 aromatic rings. The van der Waals surface area contributed by atoms with Crippen molar-refractivity contribution in [3.05, 3.63) is 35.4 Å². The molecule has 0 radical (unpaired) electrons. The minimum Gasteiger partial charge on any atom is -0.366 e. The lowest BCUT2D eigenvalue weighted by atomic mass is 9.98. The summed E-state index contributed by atoms with van der Waals surface area (Å²) in [6, 6.07) is 7.29. The lowest BCUT2D eigenvalue weighted by Gasteiger charge is -2.41. The number of primary amides is 1. The molecule has 0 aromatic heterocycles. The van der Waals surface area contributed by atoms with Gasteiger partial charge in [-0.1, -0.05) is 18.6 Å². The molecule has 0 spiro atoms. The van der Waals surface area contributed by atoms with Crippen LogP contribution in [0.5, 0.6) is 0 Å². The van der Waals surface area contributed by atoms with Crippen molar-refractivity contribution >= 4 is 35.8 Å². The summed E-state index contributed by atoms with van der Waals surface area (Å²) in [6.07, 6.45) is 3.92. The lowest BCUT2D eigenvalue weighted by molar-refractivity contribution is 0.0982. The first-order valence-corrected chi connectivity index (χ1v) is 9.01. The molecule has 26 heavy (non-hydrogen) atoms. The quantitative estimate of drug-likeness (QED) is 0.337. The summed E-state index contributed by atoms with van der Waals surface area (Å²) < 4.78 is 0. The largest absolute Gasteiger partial charge is 0.366 e. The van der Waals surface area contributed by atoms with Gasteiger partial charge in [-0.2, -0.15) is 0 Å². The van der Waals surface area contributed by atoms with E-state index < -0.39 is 5.91 Å². The average Bonchev–Trinajstić information content (AvgIpc) is 2.63. The normalized spacial score (nSPS) is 15.9. The monoisotopic (exact) mass is 473 g/mol. The topological polar surface area (TPSA) is 82.7 Å². The molecular formula is C19H32IN5O. The molecule has 1 amide bonds. The van der Waals surface area contributed by atoms with Crippen LogP contribution in [0.3, 0.4) is 0 Å². The van der Waals surface area contributed by atoms with Crippen molar-refractivity contribution in [2.45, 2.75) is 45.2 Å². The first kappa shape index (κ1) is 22.7. The summed E-state index contributed by atoms with van der Waals surface area (Å²) in [5, 5.41) is 6.74. The lowest BCUT2D eigenvalue weighted by Crippen LogP contribution is -2.54. The van der Waals surface area contributed by atoms with Gasteiger partial charge in [0.15, 0.2) is 5.96 Å². The van der Waals surface area contributed by atoms with Gasteiger partial charge in [0.2, 0.25) is 5.91 Å². The minimum absolute atomic E-state index is 0. The Morgan fingerprint density at radius 1 is 1.15 bits per heavy atom. The van der Waals surface area contributed by atoms with Gasteiger partial charge in [-0.05, 0) is 57.5 Å². The highest BCUT2D eigenvalue weighted by molar-refractivity contribution is 14.0. The third-order valence-electron chi connectivity index (χ3n) is 4.82. The van der Waals surface area contributed by atoms with Gasteiger partial charge >= 0.3 is 0 Å². The average molecular weight is 473 g/mol. The Kier molecular flexibility index (Phi) is 9.35. The van der Waals surface area contributed by atoms with E-state index in [-0.39, 0.29) is 29.5 Å². The molecule has 1 saturated heterocycles. The number of nitrogens with zero attached hydrogens (tertiary/aromatic N) is 2. The molecule has 0 bridgehead atoms. The van der Waals surface area contributed by atoms with E-state index in [0.717, 1.165) is 18.1 Å². The van der Waals surface area contributed by atoms with E-state index in [2.05, 4.69) is 34.4 Å². The van der Waals surface area contributed by atoms with Gasteiger partial charge in [0.1, 0.15) is 0 Å². The number of carbonyl (C=O) groups is 1. The molecule has 1 aromatic carbocycles. The molecule has 146 valence electrons. The molecule has 6 nitrogen and oxygen atoms in total. The summed E-state index contributed by atoms with van der Waals surface area (Å²) in [7, 11) is 1.78. The summed E-state index contributed by atoms with van der Waals surface area (Å²) in [5.74, 6) is 0.376. The predicted molar refractivity (Wildman–Crippen MR) is 118 cm³/mol. The van der Waals surface area contributed by atoms with Gasteiger partial charge in [0, 0.05) is 31.2 Å². The van der Waals surface area contributed by atoms with E-state index in [1.807, 2.05) is 12.1 Å². The third kappa shape index (κ3) is 6.75. The SMILES string of the molecule is CN=C(NCc1ccc(C(N)=O)cc1)NCC(C)(C)N1CCCCC1.I. The van der Waals surface area contributed by atoms with Crippen molar-refractivity contribution in [2.75, 3.05) is 26.7 Å². The second kappa shape index (κ2) is 10.7. The number of amides is 1. The maximum atomic E-state index is 11.1. The zero-order valence-corrected chi connectivity index (χ0v) is 18.4. The number of halogens is 1. The number of benzene rings is 1. The second-order valence-corrected chi connectivity index (χ2v) is 7.20. The summed E-state index contributed by atoms with van der Waals surface area (Å²) >= 11 is 0. The Morgan fingerprint density at radius 2 is 1.77 bits per heavy atom. The molecule has 1 aliphatic heterocycles. The smallest absolute Gasteiger partial charge is 0.248 e. The van der Waals surface area contributed by atoms with Crippen molar-refractivity contribution in [3.63, 3.8) is 0 Å². The van der Waals surface area contributed by atoms with Crippen LogP contribution in [0.1, 0.15) is 49.0 Å². The van der Waals surface area contributed by atoms with E-state index in [0.29, 0.717) is 12.1 Å². The molecular weight excluding hydrogens is 441 g/mol. The number of aliphatic imine (C=N–C) groups is 1. The van der Waals surface area contributed by atoms with Crippen LogP contribution in [0.25, 0.3) is 0 Å². The number of likely N-dealkylation sites (tertiary alicyclic amines) is 1. The summed E-state index contributed by atoms with van der Waals surface area (Å²) in [5.41, 5.74) is 6.96. The summed E-state index contributed by atoms with van der Waals surface area (Å²) in [4.78, 5) is 18.0. The number of nitrogens with two attached hydrogens (primary N) is 1. The van der Waals surface area contributed by atoms with Crippen LogP contribution < -0.4 is 16.4 Å². The van der Waals surface area contributed by atoms with Gasteiger partial charge < -0.3 is 16.4 Å². The van der Waals surface area contributed by atoms with Crippen LogP contribution in [0.4, 0.5) is 0 Å². The fourth-order valence-corrected chi connectivity index (χ4v) is 3.10. The van der Waals surface area contributed by atoms with Crippen LogP contribution in [0.15, 0.2) is 29.3 Å². The number of piperidine rings is 1. The van der Waals surface area contributed by atoms with E-state index in [1.165, 1.54) is 32.4 Å². The van der Waals surface area contributed by atoms with Crippen LogP contribution in [0.2, 0.25) is 0 Å². The number of guanidine groups is 1. The van der Waals surface area contributed by atoms with Crippen molar-refractivity contribution in [1.82, 2.24) is 15.5 Å². The van der Waals surface area contributed by atoms with E-state index >= 15 is 0 Å². The van der Waals surface area contributed by atoms with Crippen LogP contribution in [-0.2, 0) is 6.54 Å². The Hall–Kier alpha value is -1.35. The Labute approximate surface area is 174 Å². The molecule has 1 aliphatic rings. The molecule has 7 heteroatoms. The predicted octanol–water partition coefficient (Wildman–Crippen LogP) is 2.33. The molecule has 2 rings (SSSR count). The molecule has 1 heterocycles. The number of rotatable bonds is 6. The maximum Gasteiger partial charge on any atom is 0.248 e. The maximum absolute atomic E-state index is 11.1. The van der Waals surface area contributed by atoms with Crippen LogP contribution >= 0.6 is 24.0 Å². The number of hydrogen-bond donors (Lipinski definition) is 3. The third-order valence-corrected chi connectivity index (χ3v) is 4.82. The van der Waals surface area contributed by atoms with Crippen molar-refractivity contribution < 1.29 is 4.79 Å². The Morgan fingerprint density at radius 3 is 2.31 bits per heavy atom. The van der Waals surface area contributed by atoms with Crippen LogP contribution in [0, 0.1) is 0 Å². The molecule has 0 unspecified atom stereocenters. The van der Waals surface area contributed by atoms with Gasteiger partial charge in [0.05, 0.1) is 0 Å². The molecule has 0 atom stereocenters. The highest BCUT2D eigenvalue weighted by atomic mass is 127. The first-order valence-electron chi connectivity index (χ1n) is 9.01. The number of hydrogen-bond acceptors (Lipinski definition) is 3. The molecule has 0 saturated carbocycles. The fourth-order valence-electron chi connectivity index (χ4n) is 3.10. The van der Waals surface area contributed by atoms with Crippen molar-refractivity contribution in [3.8, 4) is 0 Å². The minimum atomic E-state index is -0.406. The second-order valence-electron chi connectivity index (χ2n) is 7.20. The number of nitrogens with one attached hydrogen (secondary N) is 2. The van der Waals surface area contributed by atoms with E-state index in [4.69, 9.17) is 5.73 Å². The van der Waals surface area contributed by atoms with Gasteiger partial charge in [-0.25, -0.2) is 0 Å². The summed E-state index contributed by atoms with van der Waals surface area (Å²) in [6.45, 7) is 8.39. The van der Waals surface area contributed by atoms with Crippen molar-refractivity contribution in [1.29, 1.82) is 0 Å². The highest BCUT2D eigenvalue weighted by Gasteiger charge is 2.27. The first-order chi connectivity index (χ1) is 11.9. The fraction of sp³-hybridized carbons (Fsp3) is 0.579. The molecule has 1 fully saturated rings. The van der Waals surface area contributed by atoms with E-state index in [1.54, 1.807) is 19.2 Å². The van der Waals surface area contributed by atoms with Crippen molar-refractivity contribution in [2.24, 2.45) is 10.7 Å². The standard InChI is InChI=1S/C19H31N5O.HI/c1-19(2,24-11-5-4-6-12-24)14-23-18(21-3)22-13-15-7-9-16(10-8-15)17(20)25;/h7-10H,4-6,11-14H2,1-3H3,(H2,20,25)(H2,21,22,23);1H. The van der Waals surface area contributed by atoms with E-state index in [9.17, 15) is 4.79 Å². The van der Waals surface area contributed by atoms with Gasteiger partial charge in [-0.15, -0.1) is 24.0 Å². The Balaban J connectivity index is 0.00000338. The molecule has 0 aliphatic carbocycles. The van der Waals surface area contributed by atoms with Crippen LogP contribution in [-0.4, -0.2) is 49.0 Å². The number of carbonyl (C=O) groups excluding carboxylic acids is 1. The highest BCUT2D eigenvalue weighted by Crippen LogP contribution is 2.19. The Bertz CT molecular complexity index is 594. The van der Waals surface area contributed by atoms with Gasteiger partial charge in [0.25, 0.3) is 0 Å².